The van der Waals surface area contributed by atoms with E-state index in [4.69, 9.17) is 0 Å². The van der Waals surface area contributed by atoms with Gasteiger partial charge in [-0.3, -0.25) is 10.1 Å². The minimum atomic E-state index is -0.321. The van der Waals surface area contributed by atoms with Crippen molar-refractivity contribution in [2.45, 2.75) is 39.7 Å². The van der Waals surface area contributed by atoms with Crippen LogP contribution in [0.15, 0.2) is 18.2 Å². The van der Waals surface area contributed by atoms with Crippen LogP contribution in [0.5, 0.6) is 0 Å². The van der Waals surface area contributed by atoms with Gasteiger partial charge in [-0.2, -0.15) is 0 Å². The fourth-order valence-electron chi connectivity index (χ4n) is 2.46. The predicted molar refractivity (Wildman–Crippen MR) is 72.8 cm³/mol. The van der Waals surface area contributed by atoms with Crippen LogP contribution in [-0.4, -0.2) is 11.0 Å². The summed E-state index contributed by atoms with van der Waals surface area (Å²) in [6, 6.07) is 5.84. The van der Waals surface area contributed by atoms with Crippen LogP contribution in [0.4, 0.5) is 11.4 Å². The second-order valence-electron chi connectivity index (χ2n) is 5.58. The highest BCUT2D eigenvalue weighted by Crippen LogP contribution is 2.36. The van der Waals surface area contributed by atoms with Gasteiger partial charge < -0.3 is 5.32 Å². The van der Waals surface area contributed by atoms with E-state index in [1.807, 2.05) is 6.07 Å². The maximum absolute atomic E-state index is 10.9. The van der Waals surface area contributed by atoms with Crippen molar-refractivity contribution in [3.05, 3.63) is 33.9 Å². The highest BCUT2D eigenvalue weighted by molar-refractivity contribution is 5.55. The Morgan fingerprint density at radius 2 is 2.06 bits per heavy atom. The van der Waals surface area contributed by atoms with Gasteiger partial charge >= 0.3 is 0 Å². The lowest BCUT2D eigenvalue weighted by atomic mass is 9.73. The van der Waals surface area contributed by atoms with Gasteiger partial charge in [0.1, 0.15) is 0 Å². The Labute approximate surface area is 108 Å². The third-order valence-corrected chi connectivity index (χ3v) is 3.89. The van der Waals surface area contributed by atoms with Gasteiger partial charge in [-0.05, 0) is 37.7 Å². The van der Waals surface area contributed by atoms with E-state index in [1.165, 1.54) is 12.8 Å². The average Bonchev–Trinajstić information content (AvgIpc) is 2.23. The molecule has 0 bridgehead atoms. The Morgan fingerprint density at radius 3 is 2.61 bits per heavy atom. The second kappa shape index (κ2) is 4.96. The SMILES string of the molecule is Cc1ccc(NC2CC(C(C)C)C2)cc1[N+](=O)[O-]. The highest BCUT2D eigenvalue weighted by Gasteiger charge is 2.31. The molecule has 0 aliphatic heterocycles. The van der Waals surface area contributed by atoms with E-state index < -0.39 is 0 Å². The Bertz CT molecular complexity index is 451. The maximum Gasteiger partial charge on any atom is 0.274 e. The number of hydrogen-bond acceptors (Lipinski definition) is 3. The van der Waals surface area contributed by atoms with Gasteiger partial charge in [0, 0.05) is 23.4 Å². The summed E-state index contributed by atoms with van der Waals surface area (Å²) in [6.45, 7) is 6.26. The van der Waals surface area contributed by atoms with Crippen LogP contribution in [0.2, 0.25) is 0 Å². The van der Waals surface area contributed by atoms with Crippen LogP contribution in [0.25, 0.3) is 0 Å². The monoisotopic (exact) mass is 248 g/mol. The Hall–Kier alpha value is -1.58. The molecular formula is C14H20N2O2. The van der Waals surface area contributed by atoms with Crippen molar-refractivity contribution >= 4 is 11.4 Å². The van der Waals surface area contributed by atoms with Crippen LogP contribution in [0, 0.1) is 28.9 Å². The van der Waals surface area contributed by atoms with Crippen molar-refractivity contribution in [2.75, 3.05) is 5.32 Å². The van der Waals surface area contributed by atoms with Gasteiger partial charge in [0.05, 0.1) is 4.92 Å². The largest absolute Gasteiger partial charge is 0.382 e. The number of rotatable bonds is 4. The molecule has 0 atom stereocenters. The Balaban J connectivity index is 1.99. The molecule has 1 aliphatic rings. The van der Waals surface area contributed by atoms with Crippen molar-refractivity contribution in [3.8, 4) is 0 Å². The number of anilines is 1. The average molecular weight is 248 g/mol. The quantitative estimate of drug-likeness (QED) is 0.652. The third kappa shape index (κ3) is 2.63. The first-order chi connectivity index (χ1) is 8.47. The lowest BCUT2D eigenvalue weighted by Crippen LogP contribution is -2.37. The molecule has 0 amide bonds. The predicted octanol–water partition coefficient (Wildman–Crippen LogP) is 3.75. The first kappa shape index (κ1) is 12.9. The van der Waals surface area contributed by atoms with E-state index in [0.717, 1.165) is 17.5 Å². The number of nitrogens with zero attached hydrogens (tertiary/aromatic N) is 1. The molecule has 0 radical (unpaired) electrons. The highest BCUT2D eigenvalue weighted by atomic mass is 16.6. The van der Waals surface area contributed by atoms with Crippen molar-refractivity contribution in [1.82, 2.24) is 0 Å². The van der Waals surface area contributed by atoms with Crippen molar-refractivity contribution in [1.29, 1.82) is 0 Å². The minimum Gasteiger partial charge on any atom is -0.382 e. The lowest BCUT2D eigenvalue weighted by molar-refractivity contribution is -0.385. The van der Waals surface area contributed by atoms with Crippen LogP contribution < -0.4 is 5.32 Å². The normalized spacial score (nSPS) is 22.7. The molecule has 1 fully saturated rings. The molecule has 1 saturated carbocycles. The molecule has 2 rings (SSSR count). The first-order valence-corrected chi connectivity index (χ1v) is 6.49. The molecule has 98 valence electrons. The first-order valence-electron chi connectivity index (χ1n) is 6.49. The number of hydrogen-bond donors (Lipinski definition) is 1. The van der Waals surface area contributed by atoms with E-state index >= 15 is 0 Å². The van der Waals surface area contributed by atoms with Crippen LogP contribution in [0.3, 0.4) is 0 Å². The van der Waals surface area contributed by atoms with Crippen molar-refractivity contribution < 1.29 is 4.92 Å². The molecule has 0 saturated heterocycles. The molecule has 0 aromatic heterocycles. The van der Waals surface area contributed by atoms with Gasteiger partial charge in [-0.15, -0.1) is 0 Å². The van der Waals surface area contributed by atoms with Crippen molar-refractivity contribution in [2.24, 2.45) is 11.8 Å². The van der Waals surface area contributed by atoms with E-state index in [2.05, 4.69) is 19.2 Å². The number of nitro groups is 1. The zero-order valence-electron chi connectivity index (χ0n) is 11.1. The lowest BCUT2D eigenvalue weighted by Gasteiger charge is -2.39. The zero-order chi connectivity index (χ0) is 13.3. The van der Waals surface area contributed by atoms with Gasteiger partial charge in [-0.1, -0.05) is 19.9 Å². The molecule has 1 aliphatic carbocycles. The van der Waals surface area contributed by atoms with E-state index in [9.17, 15) is 10.1 Å². The summed E-state index contributed by atoms with van der Waals surface area (Å²) in [6.07, 6.45) is 2.33. The molecule has 0 heterocycles. The molecule has 18 heavy (non-hydrogen) atoms. The van der Waals surface area contributed by atoms with Crippen LogP contribution >= 0.6 is 0 Å². The smallest absolute Gasteiger partial charge is 0.274 e. The summed E-state index contributed by atoms with van der Waals surface area (Å²) in [7, 11) is 0. The van der Waals surface area contributed by atoms with Gasteiger partial charge in [0.25, 0.3) is 5.69 Å². The summed E-state index contributed by atoms with van der Waals surface area (Å²) in [5.74, 6) is 1.53. The Morgan fingerprint density at radius 1 is 1.39 bits per heavy atom. The molecule has 1 aromatic carbocycles. The van der Waals surface area contributed by atoms with Crippen LogP contribution in [0.1, 0.15) is 32.3 Å². The summed E-state index contributed by atoms with van der Waals surface area (Å²) in [5, 5.41) is 14.2. The van der Waals surface area contributed by atoms with E-state index in [-0.39, 0.29) is 10.6 Å². The standard InChI is InChI=1S/C14H20N2O2/c1-9(2)11-6-13(7-11)15-12-5-4-10(3)14(8-12)16(17)18/h4-5,8-9,11,13,15H,6-7H2,1-3H3. The van der Waals surface area contributed by atoms with Crippen molar-refractivity contribution in [3.63, 3.8) is 0 Å². The number of nitrogens with one attached hydrogen (secondary N) is 1. The third-order valence-electron chi connectivity index (χ3n) is 3.89. The maximum atomic E-state index is 10.9. The summed E-state index contributed by atoms with van der Waals surface area (Å²) in [4.78, 5) is 10.5. The molecule has 4 heteroatoms. The van der Waals surface area contributed by atoms with Crippen LogP contribution in [-0.2, 0) is 0 Å². The number of nitro benzene ring substituents is 1. The van der Waals surface area contributed by atoms with Gasteiger partial charge in [-0.25, -0.2) is 0 Å². The zero-order valence-corrected chi connectivity index (χ0v) is 11.1. The fraction of sp³-hybridized carbons (Fsp3) is 0.571. The molecule has 1 aromatic rings. The molecule has 4 nitrogen and oxygen atoms in total. The van der Waals surface area contributed by atoms with Gasteiger partial charge in [0.15, 0.2) is 0 Å². The van der Waals surface area contributed by atoms with Gasteiger partial charge in [0.2, 0.25) is 0 Å². The number of aryl methyl sites for hydroxylation is 1. The fourth-order valence-corrected chi connectivity index (χ4v) is 2.46. The molecular weight excluding hydrogens is 228 g/mol. The summed E-state index contributed by atoms with van der Waals surface area (Å²) >= 11 is 0. The van der Waals surface area contributed by atoms with E-state index in [1.54, 1.807) is 19.1 Å². The summed E-state index contributed by atoms with van der Waals surface area (Å²) in [5.41, 5.74) is 1.76. The molecule has 0 unspecified atom stereocenters. The number of benzene rings is 1. The molecule has 0 spiro atoms. The van der Waals surface area contributed by atoms with E-state index in [0.29, 0.717) is 11.6 Å². The topological polar surface area (TPSA) is 55.2 Å². The molecule has 1 N–H and O–H groups in total. The second-order valence-corrected chi connectivity index (χ2v) is 5.58. The summed E-state index contributed by atoms with van der Waals surface area (Å²) < 4.78 is 0. The minimum absolute atomic E-state index is 0.194. The Kier molecular flexibility index (Phi) is 3.55.